The Morgan fingerprint density at radius 2 is 1.66 bits per heavy atom. The number of ether oxygens (including phenoxy) is 1. The minimum Gasteiger partial charge on any atom is -0.478 e. The summed E-state index contributed by atoms with van der Waals surface area (Å²) in [6.45, 7) is 3.78. The van der Waals surface area contributed by atoms with E-state index in [4.69, 9.17) is 44.6 Å². The van der Waals surface area contributed by atoms with Crippen LogP contribution in [0.3, 0.4) is 0 Å². The van der Waals surface area contributed by atoms with E-state index in [9.17, 15) is 19.2 Å². The SMILES string of the molecule is CCOC(=O)/C(Cl)=C/c1cc(N2C(=O)C3=C(CCCC3)C2=O)ccc1Cl.Cc1cnc2c(C(=O)O)c(Cl)ccc2c1. The average molecular weight is 616 g/mol. The van der Waals surface area contributed by atoms with Gasteiger partial charge < -0.3 is 9.84 Å². The quantitative estimate of drug-likeness (QED) is 0.185. The predicted octanol–water partition coefficient (Wildman–Crippen LogP) is 7.12. The molecule has 0 unspecified atom stereocenters. The monoisotopic (exact) mass is 614 g/mol. The standard InChI is InChI=1S/C19H17Cl2NO4.C11H8ClNO2/c1-2-26-19(25)16(21)10-11-9-12(7-8-15(11)20)22-17(23)13-5-3-4-6-14(13)18(22)24;1-6-4-7-2-3-8(12)9(11(14)15)10(7)13-5-6/h7-10H,2-6H2,1H3;2-5H,1H3,(H,14,15)/b16-10-;. The molecular weight excluding hydrogens is 591 g/mol. The summed E-state index contributed by atoms with van der Waals surface area (Å²) in [5, 5.41) is 10.2. The van der Waals surface area contributed by atoms with Gasteiger partial charge in [-0.15, -0.1) is 0 Å². The number of carboxylic acid groups (broad SMARTS) is 1. The number of hydrogen-bond donors (Lipinski definition) is 1. The number of hydrogen-bond acceptors (Lipinski definition) is 6. The number of nitrogens with zero attached hydrogens (tertiary/aromatic N) is 2. The van der Waals surface area contributed by atoms with Crippen molar-refractivity contribution >= 4 is 81.2 Å². The largest absolute Gasteiger partial charge is 0.478 e. The van der Waals surface area contributed by atoms with Crippen molar-refractivity contribution in [3.63, 3.8) is 0 Å². The highest BCUT2D eigenvalue weighted by Gasteiger charge is 2.39. The van der Waals surface area contributed by atoms with Gasteiger partial charge in [-0.05, 0) is 87.1 Å². The molecule has 2 heterocycles. The predicted molar refractivity (Wildman–Crippen MR) is 158 cm³/mol. The third kappa shape index (κ3) is 6.45. The average Bonchev–Trinajstić information content (AvgIpc) is 3.20. The van der Waals surface area contributed by atoms with Crippen LogP contribution in [0.1, 0.15) is 54.1 Å². The molecule has 2 aromatic carbocycles. The number of pyridine rings is 1. The van der Waals surface area contributed by atoms with Crippen LogP contribution >= 0.6 is 34.8 Å². The fourth-order valence-corrected chi connectivity index (χ4v) is 5.22. The topological polar surface area (TPSA) is 114 Å². The lowest BCUT2D eigenvalue weighted by Gasteiger charge is -2.16. The van der Waals surface area contributed by atoms with Crippen LogP contribution in [0, 0.1) is 6.92 Å². The number of amides is 2. The third-order valence-electron chi connectivity index (χ3n) is 6.53. The molecule has 2 aliphatic rings. The molecule has 5 rings (SSSR count). The molecular formula is C30H25Cl3N2O6. The van der Waals surface area contributed by atoms with Gasteiger partial charge in [-0.2, -0.15) is 0 Å². The summed E-state index contributed by atoms with van der Waals surface area (Å²) in [5.74, 6) is -2.28. The minimum atomic E-state index is -1.05. The van der Waals surface area contributed by atoms with E-state index in [1.165, 1.54) is 11.0 Å². The Morgan fingerprint density at radius 3 is 2.27 bits per heavy atom. The summed E-state index contributed by atoms with van der Waals surface area (Å²) in [6, 6.07) is 9.96. The number of aromatic nitrogens is 1. The van der Waals surface area contributed by atoms with Gasteiger partial charge in [-0.25, -0.2) is 14.5 Å². The molecule has 3 aromatic rings. The second-order valence-electron chi connectivity index (χ2n) is 9.34. The molecule has 0 spiro atoms. The molecule has 2 amide bonds. The first kappa shape index (κ1) is 30.2. The van der Waals surface area contributed by atoms with Crippen molar-refractivity contribution in [3.8, 4) is 0 Å². The lowest BCUT2D eigenvalue weighted by atomic mass is 9.93. The zero-order valence-corrected chi connectivity index (χ0v) is 24.4. The van der Waals surface area contributed by atoms with Gasteiger partial charge in [-0.3, -0.25) is 14.6 Å². The van der Waals surface area contributed by atoms with Crippen LogP contribution in [0.4, 0.5) is 5.69 Å². The van der Waals surface area contributed by atoms with E-state index in [-0.39, 0.29) is 34.0 Å². The van der Waals surface area contributed by atoms with Crippen LogP contribution in [-0.4, -0.2) is 40.5 Å². The van der Waals surface area contributed by atoms with Crippen LogP contribution in [0.15, 0.2) is 58.8 Å². The number of anilines is 1. The molecule has 1 aliphatic heterocycles. The maximum Gasteiger partial charge on any atom is 0.349 e. The summed E-state index contributed by atoms with van der Waals surface area (Å²) in [7, 11) is 0. The van der Waals surface area contributed by atoms with Gasteiger partial charge in [-0.1, -0.05) is 40.9 Å². The summed E-state index contributed by atoms with van der Waals surface area (Å²) < 4.78 is 4.84. The summed E-state index contributed by atoms with van der Waals surface area (Å²) in [6.07, 6.45) is 6.08. The summed E-state index contributed by atoms with van der Waals surface area (Å²) in [5.41, 5.74) is 3.53. The van der Waals surface area contributed by atoms with E-state index in [1.54, 1.807) is 43.5 Å². The number of carbonyl (C=O) groups is 4. The normalized spacial score (nSPS) is 15.0. The Hall–Kier alpha value is -3.72. The molecule has 0 saturated carbocycles. The van der Waals surface area contributed by atoms with Gasteiger partial charge in [0.15, 0.2) is 0 Å². The zero-order valence-electron chi connectivity index (χ0n) is 22.2. The molecule has 1 N–H and O–H groups in total. The lowest BCUT2D eigenvalue weighted by molar-refractivity contribution is -0.137. The molecule has 0 bridgehead atoms. The molecule has 1 aromatic heterocycles. The first-order valence-corrected chi connectivity index (χ1v) is 13.9. The zero-order chi connectivity index (χ0) is 29.8. The number of rotatable bonds is 5. The van der Waals surface area contributed by atoms with Crippen molar-refractivity contribution in [1.29, 1.82) is 0 Å². The van der Waals surface area contributed by atoms with E-state index in [1.807, 2.05) is 13.0 Å². The number of aromatic carboxylic acids is 1. The molecule has 41 heavy (non-hydrogen) atoms. The maximum atomic E-state index is 12.7. The van der Waals surface area contributed by atoms with Gasteiger partial charge >= 0.3 is 11.9 Å². The number of fused-ring (bicyclic) bond motifs is 1. The van der Waals surface area contributed by atoms with Crippen molar-refractivity contribution in [1.82, 2.24) is 4.98 Å². The van der Waals surface area contributed by atoms with Crippen molar-refractivity contribution in [2.45, 2.75) is 39.5 Å². The van der Waals surface area contributed by atoms with E-state index >= 15 is 0 Å². The Labute approximate surface area is 251 Å². The van der Waals surface area contributed by atoms with Crippen LogP contribution < -0.4 is 4.90 Å². The molecule has 212 valence electrons. The van der Waals surface area contributed by atoms with Crippen molar-refractivity contribution in [2.75, 3.05) is 11.5 Å². The van der Waals surface area contributed by atoms with Gasteiger partial charge in [0.25, 0.3) is 11.8 Å². The number of halogens is 3. The van der Waals surface area contributed by atoms with E-state index in [0.717, 1.165) is 23.8 Å². The number of aryl methyl sites for hydroxylation is 1. The fraction of sp³-hybridized carbons (Fsp3) is 0.233. The molecule has 8 nitrogen and oxygen atoms in total. The maximum absolute atomic E-state index is 12.7. The highest BCUT2D eigenvalue weighted by Crippen LogP contribution is 2.37. The first-order chi connectivity index (χ1) is 19.5. The Balaban J connectivity index is 0.000000218. The highest BCUT2D eigenvalue weighted by atomic mass is 35.5. The number of benzene rings is 2. The Kier molecular flexibility index (Phi) is 9.48. The number of imide groups is 1. The second-order valence-corrected chi connectivity index (χ2v) is 10.6. The number of carboxylic acids is 1. The minimum absolute atomic E-state index is 0.0640. The first-order valence-electron chi connectivity index (χ1n) is 12.8. The molecule has 1 aliphatic carbocycles. The molecule has 0 fully saturated rings. The van der Waals surface area contributed by atoms with Gasteiger partial charge in [0.1, 0.15) is 10.6 Å². The molecule has 0 radical (unpaired) electrons. The lowest BCUT2D eigenvalue weighted by Crippen LogP contribution is -2.31. The van der Waals surface area contributed by atoms with Crippen LogP contribution in [0.25, 0.3) is 17.0 Å². The highest BCUT2D eigenvalue weighted by molar-refractivity contribution is 6.44. The van der Waals surface area contributed by atoms with Gasteiger partial charge in [0.05, 0.1) is 22.8 Å². The van der Waals surface area contributed by atoms with E-state index in [0.29, 0.717) is 45.8 Å². The summed E-state index contributed by atoms with van der Waals surface area (Å²) >= 11 is 17.9. The third-order valence-corrected chi connectivity index (χ3v) is 7.46. The van der Waals surface area contributed by atoms with Crippen LogP contribution in [0.5, 0.6) is 0 Å². The second kappa shape index (κ2) is 12.9. The molecule has 0 saturated heterocycles. The number of carbonyl (C=O) groups excluding carboxylic acids is 3. The fourth-order valence-electron chi connectivity index (χ4n) is 4.64. The van der Waals surface area contributed by atoms with Crippen LogP contribution in [-0.2, 0) is 19.1 Å². The molecule has 0 atom stereocenters. The summed E-state index contributed by atoms with van der Waals surface area (Å²) in [4.78, 5) is 53.3. The van der Waals surface area contributed by atoms with Crippen molar-refractivity contribution in [2.24, 2.45) is 0 Å². The van der Waals surface area contributed by atoms with Crippen molar-refractivity contribution < 1.29 is 29.0 Å². The Morgan fingerprint density at radius 1 is 1.02 bits per heavy atom. The van der Waals surface area contributed by atoms with Gasteiger partial charge in [0, 0.05) is 27.8 Å². The number of esters is 1. The van der Waals surface area contributed by atoms with Gasteiger partial charge in [0.2, 0.25) is 0 Å². The van der Waals surface area contributed by atoms with E-state index in [2.05, 4.69) is 4.98 Å². The Bertz CT molecular complexity index is 1620. The molecule has 11 heteroatoms. The van der Waals surface area contributed by atoms with Crippen LogP contribution in [0.2, 0.25) is 10.0 Å². The van der Waals surface area contributed by atoms with E-state index < -0.39 is 11.9 Å². The van der Waals surface area contributed by atoms with Crippen molar-refractivity contribution in [3.05, 3.63) is 85.5 Å². The smallest absolute Gasteiger partial charge is 0.349 e.